The summed E-state index contributed by atoms with van der Waals surface area (Å²) in [5.74, 6) is 0.258. The topological polar surface area (TPSA) is 94.4 Å². The molecule has 142 valence electrons. The number of fused-ring (bicyclic) bond motifs is 1. The Labute approximate surface area is 164 Å². The fourth-order valence-electron chi connectivity index (χ4n) is 2.78. The minimum absolute atomic E-state index is 0.169. The fourth-order valence-corrected chi connectivity index (χ4v) is 2.91. The minimum Gasteiger partial charge on any atom is -0.463 e. The van der Waals surface area contributed by atoms with Crippen molar-refractivity contribution >= 4 is 23.0 Å². The SMILES string of the molecule is O=C(Cn1ncn2nc(-c3ccco3)cc2c1=O)NCCc1ccc(Cl)cc1. The highest BCUT2D eigenvalue weighted by Gasteiger charge is 2.13. The molecule has 0 unspecified atom stereocenters. The van der Waals surface area contributed by atoms with E-state index in [2.05, 4.69) is 15.5 Å². The molecule has 1 N–H and O–H groups in total. The Kier molecular flexibility index (Phi) is 4.94. The molecule has 0 radical (unpaired) electrons. The van der Waals surface area contributed by atoms with Gasteiger partial charge >= 0.3 is 0 Å². The van der Waals surface area contributed by atoms with Gasteiger partial charge in [0.2, 0.25) is 5.91 Å². The first-order valence-electron chi connectivity index (χ1n) is 8.61. The average Bonchev–Trinajstić information content (AvgIpc) is 3.35. The van der Waals surface area contributed by atoms with Crippen molar-refractivity contribution in [2.75, 3.05) is 6.54 Å². The van der Waals surface area contributed by atoms with Crippen molar-refractivity contribution < 1.29 is 9.21 Å². The third-order valence-electron chi connectivity index (χ3n) is 4.21. The van der Waals surface area contributed by atoms with Crippen molar-refractivity contribution in [1.29, 1.82) is 0 Å². The minimum atomic E-state index is -0.402. The van der Waals surface area contributed by atoms with Gasteiger partial charge in [0.1, 0.15) is 24.1 Å². The number of rotatable bonds is 6. The third-order valence-corrected chi connectivity index (χ3v) is 4.46. The van der Waals surface area contributed by atoms with Crippen LogP contribution in [0.2, 0.25) is 5.02 Å². The molecule has 0 fully saturated rings. The maximum Gasteiger partial charge on any atom is 0.293 e. The number of nitrogens with one attached hydrogen (secondary N) is 1. The van der Waals surface area contributed by atoms with Crippen LogP contribution in [0.4, 0.5) is 0 Å². The van der Waals surface area contributed by atoms with Crippen LogP contribution in [0.15, 0.2) is 64.3 Å². The maximum atomic E-state index is 12.6. The molecule has 3 aromatic heterocycles. The zero-order valence-electron chi connectivity index (χ0n) is 14.7. The summed E-state index contributed by atoms with van der Waals surface area (Å²) in [6.07, 6.45) is 3.59. The Morgan fingerprint density at radius 1 is 1.21 bits per heavy atom. The van der Waals surface area contributed by atoms with Crippen LogP contribution >= 0.6 is 11.6 Å². The lowest BCUT2D eigenvalue weighted by molar-refractivity contribution is -0.121. The number of carbonyl (C=O) groups is 1. The second-order valence-corrected chi connectivity index (χ2v) is 6.59. The molecule has 0 bridgehead atoms. The summed E-state index contributed by atoms with van der Waals surface area (Å²) in [5.41, 5.74) is 1.50. The summed E-state index contributed by atoms with van der Waals surface area (Å²) in [5, 5.41) is 11.7. The van der Waals surface area contributed by atoms with Crippen LogP contribution in [0.5, 0.6) is 0 Å². The standard InChI is InChI=1S/C19H16ClN5O3/c20-14-5-3-13(4-6-14)7-8-21-18(26)11-24-19(27)16-10-15(17-2-1-9-28-17)23-25(16)12-22-24/h1-6,9-10,12H,7-8,11H2,(H,21,26). The van der Waals surface area contributed by atoms with Gasteiger partial charge in [0.15, 0.2) is 5.76 Å². The van der Waals surface area contributed by atoms with Gasteiger partial charge in [-0.3, -0.25) is 9.59 Å². The Morgan fingerprint density at radius 2 is 2.04 bits per heavy atom. The Balaban J connectivity index is 1.42. The van der Waals surface area contributed by atoms with E-state index in [0.717, 1.165) is 10.2 Å². The summed E-state index contributed by atoms with van der Waals surface area (Å²) in [4.78, 5) is 24.8. The van der Waals surface area contributed by atoms with E-state index in [1.54, 1.807) is 30.3 Å². The highest BCUT2D eigenvalue weighted by Crippen LogP contribution is 2.18. The number of amides is 1. The molecule has 4 aromatic rings. The molecule has 28 heavy (non-hydrogen) atoms. The molecule has 0 spiro atoms. The van der Waals surface area contributed by atoms with Crippen LogP contribution < -0.4 is 10.9 Å². The van der Waals surface area contributed by atoms with Gasteiger partial charge in [0.05, 0.1) is 6.26 Å². The smallest absolute Gasteiger partial charge is 0.293 e. The molecule has 0 atom stereocenters. The quantitative estimate of drug-likeness (QED) is 0.538. The van der Waals surface area contributed by atoms with Crippen LogP contribution in [-0.2, 0) is 17.8 Å². The number of benzene rings is 1. The van der Waals surface area contributed by atoms with Crippen LogP contribution in [0, 0.1) is 0 Å². The van der Waals surface area contributed by atoms with Crippen molar-refractivity contribution in [3.8, 4) is 11.5 Å². The van der Waals surface area contributed by atoms with E-state index < -0.39 is 5.56 Å². The van der Waals surface area contributed by atoms with Gasteiger partial charge in [-0.15, -0.1) is 0 Å². The van der Waals surface area contributed by atoms with E-state index in [1.165, 1.54) is 17.1 Å². The molecular weight excluding hydrogens is 382 g/mol. The number of hydrogen-bond donors (Lipinski definition) is 1. The van der Waals surface area contributed by atoms with Crippen LogP contribution in [0.1, 0.15) is 5.56 Å². The Morgan fingerprint density at radius 3 is 2.79 bits per heavy atom. The molecule has 0 saturated carbocycles. The van der Waals surface area contributed by atoms with E-state index in [-0.39, 0.29) is 12.5 Å². The molecule has 9 heteroatoms. The highest BCUT2D eigenvalue weighted by molar-refractivity contribution is 6.30. The lowest BCUT2D eigenvalue weighted by atomic mass is 10.1. The second-order valence-electron chi connectivity index (χ2n) is 6.16. The Hall–Kier alpha value is -3.39. The highest BCUT2D eigenvalue weighted by atomic mass is 35.5. The number of halogens is 1. The van der Waals surface area contributed by atoms with Crippen LogP contribution in [0.3, 0.4) is 0 Å². The van der Waals surface area contributed by atoms with Crippen molar-refractivity contribution in [2.45, 2.75) is 13.0 Å². The zero-order chi connectivity index (χ0) is 19.5. The van der Waals surface area contributed by atoms with Gasteiger partial charge in [-0.25, -0.2) is 9.20 Å². The molecule has 3 heterocycles. The summed E-state index contributed by atoms with van der Waals surface area (Å²) in [7, 11) is 0. The van der Waals surface area contributed by atoms with Crippen LogP contribution in [-0.4, -0.2) is 31.8 Å². The second kappa shape index (κ2) is 7.69. The summed E-state index contributed by atoms with van der Waals surface area (Å²) in [6.45, 7) is 0.282. The molecule has 0 aliphatic heterocycles. The van der Waals surface area contributed by atoms with Gasteiger partial charge in [-0.05, 0) is 36.2 Å². The first-order chi connectivity index (χ1) is 13.6. The van der Waals surface area contributed by atoms with E-state index in [1.807, 2.05) is 12.1 Å². The van der Waals surface area contributed by atoms with Gasteiger partial charge in [0.25, 0.3) is 5.56 Å². The van der Waals surface area contributed by atoms with Crippen molar-refractivity contribution in [3.05, 3.63) is 76.0 Å². The molecule has 0 aliphatic carbocycles. The first kappa shape index (κ1) is 18.0. The predicted octanol–water partition coefficient (Wildman–Crippen LogP) is 2.16. The molecule has 0 aliphatic rings. The number of carbonyl (C=O) groups excluding carboxylic acids is 1. The van der Waals surface area contributed by atoms with E-state index in [0.29, 0.717) is 35.0 Å². The van der Waals surface area contributed by atoms with Crippen molar-refractivity contribution in [3.63, 3.8) is 0 Å². The van der Waals surface area contributed by atoms with E-state index in [9.17, 15) is 9.59 Å². The zero-order valence-corrected chi connectivity index (χ0v) is 15.5. The largest absolute Gasteiger partial charge is 0.463 e. The molecule has 0 saturated heterocycles. The van der Waals surface area contributed by atoms with E-state index >= 15 is 0 Å². The van der Waals surface area contributed by atoms with Crippen molar-refractivity contribution in [1.82, 2.24) is 24.7 Å². The monoisotopic (exact) mass is 397 g/mol. The number of furan rings is 1. The molecule has 1 aromatic carbocycles. The summed E-state index contributed by atoms with van der Waals surface area (Å²) < 4.78 is 7.78. The number of aromatic nitrogens is 4. The maximum absolute atomic E-state index is 12.6. The number of hydrogen-bond acceptors (Lipinski definition) is 5. The lowest BCUT2D eigenvalue weighted by Gasteiger charge is -2.07. The molecule has 1 amide bonds. The summed E-state index contributed by atoms with van der Waals surface area (Å²) in [6, 6.07) is 12.5. The molecular formula is C19H16ClN5O3. The predicted molar refractivity (Wildman–Crippen MR) is 103 cm³/mol. The van der Waals surface area contributed by atoms with Crippen molar-refractivity contribution in [2.24, 2.45) is 0 Å². The average molecular weight is 398 g/mol. The van der Waals surface area contributed by atoms with Gasteiger partial charge < -0.3 is 9.73 Å². The Bertz CT molecular complexity index is 1160. The molecule has 8 nitrogen and oxygen atoms in total. The normalized spacial score (nSPS) is 11.0. The third kappa shape index (κ3) is 3.81. The van der Waals surface area contributed by atoms with Gasteiger partial charge in [-0.2, -0.15) is 10.2 Å². The van der Waals surface area contributed by atoms with Crippen LogP contribution in [0.25, 0.3) is 17.0 Å². The first-order valence-corrected chi connectivity index (χ1v) is 8.98. The summed E-state index contributed by atoms with van der Waals surface area (Å²) >= 11 is 5.85. The van der Waals surface area contributed by atoms with Gasteiger partial charge in [0, 0.05) is 17.6 Å². The molecule has 4 rings (SSSR count). The fraction of sp³-hybridized carbons (Fsp3) is 0.158. The van der Waals surface area contributed by atoms with E-state index in [4.69, 9.17) is 16.0 Å². The number of nitrogens with zero attached hydrogens (tertiary/aromatic N) is 4. The lowest BCUT2D eigenvalue weighted by Crippen LogP contribution is -2.35. The van der Waals surface area contributed by atoms with Gasteiger partial charge in [-0.1, -0.05) is 23.7 Å².